The Morgan fingerprint density at radius 3 is 2.45 bits per heavy atom. The van der Waals surface area contributed by atoms with Crippen LogP contribution in [-0.4, -0.2) is 29.3 Å². The number of hydrogen-bond acceptors (Lipinski definition) is 4. The summed E-state index contributed by atoms with van der Waals surface area (Å²) in [6.45, 7) is 3.74. The fourth-order valence-corrected chi connectivity index (χ4v) is 3.74. The molecule has 2 aromatic carbocycles. The van der Waals surface area contributed by atoms with E-state index in [1.807, 2.05) is 50.2 Å². The van der Waals surface area contributed by atoms with Gasteiger partial charge in [0.1, 0.15) is 12.3 Å². The number of furan rings is 1. The second-order valence-electron chi connectivity index (χ2n) is 7.59. The van der Waals surface area contributed by atoms with Crippen molar-refractivity contribution in [3.63, 3.8) is 0 Å². The normalized spacial score (nSPS) is 18.2. The van der Waals surface area contributed by atoms with Crippen molar-refractivity contribution in [2.24, 2.45) is 0 Å². The van der Waals surface area contributed by atoms with Crippen molar-refractivity contribution < 1.29 is 18.8 Å². The molecule has 1 saturated heterocycles. The summed E-state index contributed by atoms with van der Waals surface area (Å²) in [6, 6.07) is 17.6. The lowest BCUT2D eigenvalue weighted by molar-refractivity contribution is -0.134. The van der Waals surface area contributed by atoms with Gasteiger partial charge in [0.15, 0.2) is 5.54 Å². The highest BCUT2D eigenvalue weighted by Crippen LogP contribution is 2.36. The molecule has 4 rings (SSSR count). The van der Waals surface area contributed by atoms with Gasteiger partial charge in [-0.1, -0.05) is 48.5 Å². The molecule has 1 atom stereocenters. The van der Waals surface area contributed by atoms with E-state index < -0.39 is 23.4 Å². The van der Waals surface area contributed by atoms with E-state index in [1.165, 1.54) is 6.26 Å². The molecule has 0 bridgehead atoms. The van der Waals surface area contributed by atoms with E-state index in [9.17, 15) is 14.4 Å². The highest BCUT2D eigenvalue weighted by atomic mass is 16.3. The van der Waals surface area contributed by atoms with Gasteiger partial charge in [0.2, 0.25) is 5.91 Å². The third kappa shape index (κ3) is 3.70. The van der Waals surface area contributed by atoms with Crippen molar-refractivity contribution in [2.75, 3.05) is 6.54 Å². The molecule has 31 heavy (non-hydrogen) atoms. The Morgan fingerprint density at radius 1 is 1.00 bits per heavy atom. The molecular weight excluding hydrogens is 394 g/mol. The third-order valence-electron chi connectivity index (χ3n) is 5.59. The predicted molar refractivity (Wildman–Crippen MR) is 114 cm³/mol. The van der Waals surface area contributed by atoms with Gasteiger partial charge >= 0.3 is 6.03 Å². The second kappa shape index (κ2) is 8.10. The van der Waals surface area contributed by atoms with Crippen molar-refractivity contribution in [1.82, 2.24) is 15.5 Å². The van der Waals surface area contributed by atoms with E-state index in [1.54, 1.807) is 24.3 Å². The van der Waals surface area contributed by atoms with Crippen LogP contribution in [0.1, 0.15) is 28.0 Å². The molecule has 2 heterocycles. The van der Waals surface area contributed by atoms with Gasteiger partial charge in [0.05, 0.1) is 12.8 Å². The Hall–Kier alpha value is -3.87. The molecule has 7 heteroatoms. The lowest BCUT2D eigenvalue weighted by atomic mass is 9.81. The Kier molecular flexibility index (Phi) is 5.33. The average Bonchev–Trinajstić information content (AvgIpc) is 3.38. The monoisotopic (exact) mass is 417 g/mol. The lowest BCUT2D eigenvalue weighted by Crippen LogP contribution is -2.46. The summed E-state index contributed by atoms with van der Waals surface area (Å²) in [5, 5.41) is 5.53. The molecule has 0 radical (unpaired) electrons. The van der Waals surface area contributed by atoms with Gasteiger partial charge in [-0.25, -0.2) is 4.79 Å². The predicted octanol–water partition coefficient (Wildman–Crippen LogP) is 3.01. The van der Waals surface area contributed by atoms with E-state index in [2.05, 4.69) is 10.6 Å². The fourth-order valence-electron chi connectivity index (χ4n) is 3.74. The molecule has 1 fully saturated rings. The van der Waals surface area contributed by atoms with Gasteiger partial charge in [0, 0.05) is 0 Å². The van der Waals surface area contributed by atoms with Crippen LogP contribution in [0.3, 0.4) is 0 Å². The van der Waals surface area contributed by atoms with E-state index in [0.29, 0.717) is 16.9 Å². The molecule has 7 nitrogen and oxygen atoms in total. The van der Waals surface area contributed by atoms with E-state index in [0.717, 1.165) is 16.0 Å². The average molecular weight is 417 g/mol. The fraction of sp³-hybridized carbons (Fsp3) is 0.208. The van der Waals surface area contributed by atoms with Gasteiger partial charge in [-0.15, -0.1) is 0 Å². The molecule has 0 saturated carbocycles. The van der Waals surface area contributed by atoms with Crippen LogP contribution in [0.4, 0.5) is 4.79 Å². The molecule has 2 N–H and O–H groups in total. The number of aryl methyl sites for hydroxylation is 2. The van der Waals surface area contributed by atoms with Crippen LogP contribution >= 0.6 is 0 Å². The van der Waals surface area contributed by atoms with Crippen molar-refractivity contribution >= 4 is 17.8 Å². The standard InChI is InChI=1S/C24H23N3O4/c1-16-10-11-19(13-17(16)2)24(18-7-4-3-5-8-18)22(29)27(23(30)26-24)15-21(28)25-14-20-9-6-12-31-20/h3-13H,14-15H2,1-2H3,(H,25,28)(H,26,30)/t24-/m1/s1. The summed E-state index contributed by atoms with van der Waals surface area (Å²) in [6.07, 6.45) is 1.51. The maximum Gasteiger partial charge on any atom is 0.326 e. The van der Waals surface area contributed by atoms with Crippen molar-refractivity contribution in [3.05, 3.63) is 94.9 Å². The quantitative estimate of drug-likeness (QED) is 0.603. The molecule has 4 amide bonds. The molecule has 1 aliphatic rings. The summed E-state index contributed by atoms with van der Waals surface area (Å²) in [7, 11) is 0. The van der Waals surface area contributed by atoms with E-state index in [-0.39, 0.29) is 13.1 Å². The lowest BCUT2D eigenvalue weighted by Gasteiger charge is -2.28. The first-order valence-electron chi connectivity index (χ1n) is 9.98. The van der Waals surface area contributed by atoms with Gasteiger partial charge < -0.3 is 15.1 Å². The molecule has 0 spiro atoms. The summed E-state index contributed by atoms with van der Waals surface area (Å²) in [5.41, 5.74) is 1.98. The molecule has 1 aliphatic heterocycles. The number of benzene rings is 2. The van der Waals surface area contributed by atoms with Crippen LogP contribution in [0.25, 0.3) is 0 Å². The minimum Gasteiger partial charge on any atom is -0.467 e. The maximum absolute atomic E-state index is 13.6. The van der Waals surface area contributed by atoms with Crippen LogP contribution in [0, 0.1) is 13.8 Å². The molecular formula is C24H23N3O4. The van der Waals surface area contributed by atoms with Crippen molar-refractivity contribution in [3.8, 4) is 0 Å². The second-order valence-corrected chi connectivity index (χ2v) is 7.59. The van der Waals surface area contributed by atoms with E-state index in [4.69, 9.17) is 4.42 Å². The zero-order valence-corrected chi connectivity index (χ0v) is 17.3. The first kappa shape index (κ1) is 20.4. The number of carbonyl (C=O) groups is 3. The molecule has 158 valence electrons. The Bertz CT molecular complexity index is 1120. The Balaban J connectivity index is 1.65. The first-order valence-corrected chi connectivity index (χ1v) is 9.98. The summed E-state index contributed by atoms with van der Waals surface area (Å²) >= 11 is 0. The van der Waals surface area contributed by atoms with Gasteiger partial charge in [0.25, 0.3) is 5.91 Å². The van der Waals surface area contributed by atoms with Crippen LogP contribution in [0.5, 0.6) is 0 Å². The number of rotatable bonds is 6. The number of urea groups is 1. The van der Waals surface area contributed by atoms with Gasteiger partial charge in [-0.2, -0.15) is 0 Å². The minimum atomic E-state index is -1.39. The van der Waals surface area contributed by atoms with Crippen LogP contribution in [-0.2, 0) is 21.7 Å². The maximum atomic E-state index is 13.6. The number of hydrogen-bond donors (Lipinski definition) is 2. The number of carbonyl (C=O) groups excluding carboxylic acids is 3. The zero-order chi connectivity index (χ0) is 22.0. The SMILES string of the molecule is Cc1ccc([C@@]2(c3ccccc3)NC(=O)N(CC(=O)NCc3ccco3)C2=O)cc1C. The Morgan fingerprint density at radius 2 is 1.77 bits per heavy atom. The van der Waals surface area contributed by atoms with Gasteiger partial charge in [-0.05, 0) is 48.2 Å². The number of nitrogens with zero attached hydrogens (tertiary/aromatic N) is 1. The van der Waals surface area contributed by atoms with E-state index >= 15 is 0 Å². The highest BCUT2D eigenvalue weighted by molar-refractivity contribution is 6.11. The number of imide groups is 1. The summed E-state index contributed by atoms with van der Waals surface area (Å²) < 4.78 is 5.19. The number of nitrogens with one attached hydrogen (secondary N) is 2. The number of amides is 4. The Labute approximate surface area is 180 Å². The van der Waals surface area contributed by atoms with Crippen molar-refractivity contribution in [2.45, 2.75) is 25.9 Å². The third-order valence-corrected chi connectivity index (χ3v) is 5.59. The minimum absolute atomic E-state index is 0.177. The van der Waals surface area contributed by atoms with Gasteiger partial charge in [-0.3, -0.25) is 14.5 Å². The van der Waals surface area contributed by atoms with Crippen LogP contribution < -0.4 is 10.6 Å². The zero-order valence-electron chi connectivity index (χ0n) is 17.3. The molecule has 1 aromatic heterocycles. The molecule has 0 aliphatic carbocycles. The van der Waals surface area contributed by atoms with Crippen molar-refractivity contribution in [1.29, 1.82) is 0 Å². The largest absolute Gasteiger partial charge is 0.467 e. The first-order chi connectivity index (χ1) is 14.9. The molecule has 3 aromatic rings. The summed E-state index contributed by atoms with van der Waals surface area (Å²) in [4.78, 5) is 39.9. The highest BCUT2D eigenvalue weighted by Gasteiger charge is 2.54. The summed E-state index contributed by atoms with van der Waals surface area (Å²) in [5.74, 6) is -0.358. The van der Waals surface area contributed by atoms with Crippen LogP contribution in [0.2, 0.25) is 0 Å². The topological polar surface area (TPSA) is 91.7 Å². The van der Waals surface area contributed by atoms with Crippen LogP contribution in [0.15, 0.2) is 71.3 Å². The smallest absolute Gasteiger partial charge is 0.326 e. The molecule has 0 unspecified atom stereocenters.